The van der Waals surface area contributed by atoms with E-state index in [0.29, 0.717) is 18.6 Å². The van der Waals surface area contributed by atoms with Gasteiger partial charge >= 0.3 is 5.97 Å². The number of ether oxygens (including phenoxy) is 1. The number of carboxylic acid groups (broad SMARTS) is 1. The fourth-order valence-electron chi connectivity index (χ4n) is 2.50. The topological polar surface area (TPSA) is 66.8 Å². The smallest absolute Gasteiger partial charge is 0.305 e. The summed E-state index contributed by atoms with van der Waals surface area (Å²) in [4.78, 5) is 24.6. The average Bonchev–Trinajstić information content (AvgIpc) is 2.54. The fraction of sp³-hybridized carbons (Fsp3) is 0.500. The van der Waals surface area contributed by atoms with Crippen LogP contribution in [0.25, 0.3) is 0 Å². The monoisotopic (exact) mass is 327 g/mol. The van der Waals surface area contributed by atoms with Crippen molar-refractivity contribution in [1.29, 1.82) is 0 Å². The van der Waals surface area contributed by atoms with Gasteiger partial charge in [0.05, 0.1) is 6.42 Å². The van der Waals surface area contributed by atoms with Crippen molar-refractivity contribution in [3.63, 3.8) is 0 Å². The van der Waals surface area contributed by atoms with E-state index < -0.39 is 23.7 Å². The molecule has 0 saturated carbocycles. The van der Waals surface area contributed by atoms with Gasteiger partial charge in [-0.05, 0) is 37.0 Å². The predicted octanol–water partition coefficient (Wildman–Crippen LogP) is 2.34. The van der Waals surface area contributed by atoms with Crippen LogP contribution < -0.4 is 0 Å². The first kappa shape index (κ1) is 17.3. The second-order valence-corrected chi connectivity index (χ2v) is 5.51. The van der Waals surface area contributed by atoms with Crippen molar-refractivity contribution < 1.29 is 28.2 Å². The number of aliphatic carboxylic acids is 1. The van der Waals surface area contributed by atoms with Gasteiger partial charge in [-0.1, -0.05) is 6.07 Å². The zero-order valence-corrected chi connectivity index (χ0v) is 12.6. The number of carboxylic acids is 1. The van der Waals surface area contributed by atoms with Crippen molar-refractivity contribution in [2.75, 3.05) is 13.2 Å². The number of halogens is 2. The molecule has 0 spiro atoms. The van der Waals surface area contributed by atoms with Crippen LogP contribution in [0.4, 0.5) is 8.78 Å². The van der Waals surface area contributed by atoms with E-state index >= 15 is 0 Å². The Morgan fingerprint density at radius 1 is 1.26 bits per heavy atom. The summed E-state index contributed by atoms with van der Waals surface area (Å²) in [5.74, 6) is -3.30. The maximum atomic E-state index is 13.3. The molecule has 23 heavy (non-hydrogen) atoms. The zero-order valence-electron chi connectivity index (χ0n) is 12.6. The maximum Gasteiger partial charge on any atom is 0.305 e. The van der Waals surface area contributed by atoms with E-state index in [4.69, 9.17) is 9.84 Å². The second kappa shape index (κ2) is 8.01. The van der Waals surface area contributed by atoms with Gasteiger partial charge in [0.2, 0.25) is 0 Å². The molecule has 0 aromatic heterocycles. The largest absolute Gasteiger partial charge is 0.481 e. The molecule has 1 saturated heterocycles. The third-order valence-corrected chi connectivity index (χ3v) is 3.72. The third-order valence-electron chi connectivity index (χ3n) is 3.72. The van der Waals surface area contributed by atoms with Gasteiger partial charge < -0.3 is 14.7 Å². The molecule has 1 atom stereocenters. The normalized spacial score (nSPS) is 17.7. The van der Waals surface area contributed by atoms with Crippen LogP contribution in [0.15, 0.2) is 18.2 Å². The quantitative estimate of drug-likeness (QED) is 0.871. The summed E-state index contributed by atoms with van der Waals surface area (Å²) in [7, 11) is 0. The molecule has 1 heterocycles. The van der Waals surface area contributed by atoms with E-state index in [1.807, 2.05) is 0 Å². The molecule has 1 aliphatic rings. The first-order valence-corrected chi connectivity index (χ1v) is 7.53. The summed E-state index contributed by atoms with van der Waals surface area (Å²) in [6.45, 7) is 0.505. The number of carbonyl (C=O) groups excluding carboxylic acids is 1. The van der Waals surface area contributed by atoms with Gasteiger partial charge in [0.15, 0.2) is 11.6 Å². The summed E-state index contributed by atoms with van der Waals surface area (Å²) in [5.41, 5.74) is 0.401. The lowest BCUT2D eigenvalue weighted by Gasteiger charge is -2.29. The molecule has 1 aromatic carbocycles. The molecule has 1 amide bonds. The molecule has 0 aliphatic carbocycles. The van der Waals surface area contributed by atoms with Gasteiger partial charge in [-0.15, -0.1) is 0 Å². The standard InChI is InChI=1S/C16H19F2NO4/c17-12-5-4-11(9-13(12)18)10-19(7-6-15(20)21)16(22)14-3-1-2-8-23-14/h4-5,9,14H,1-3,6-8,10H2,(H,20,21). The van der Waals surface area contributed by atoms with Crippen molar-refractivity contribution in [1.82, 2.24) is 4.90 Å². The molecule has 1 aromatic rings. The minimum absolute atomic E-state index is 0.00692. The van der Waals surface area contributed by atoms with Gasteiger partial charge in [0.25, 0.3) is 5.91 Å². The fourth-order valence-corrected chi connectivity index (χ4v) is 2.50. The molecule has 5 nitrogen and oxygen atoms in total. The van der Waals surface area contributed by atoms with Gasteiger partial charge in [0, 0.05) is 19.7 Å². The highest BCUT2D eigenvalue weighted by Crippen LogP contribution is 2.18. The molecule has 0 radical (unpaired) electrons. The van der Waals surface area contributed by atoms with E-state index in [1.54, 1.807) is 0 Å². The summed E-state index contributed by atoms with van der Waals surface area (Å²) in [5, 5.41) is 8.82. The number of hydrogen-bond acceptors (Lipinski definition) is 3. The molecule has 2 rings (SSSR count). The van der Waals surface area contributed by atoms with E-state index in [-0.39, 0.29) is 25.4 Å². The van der Waals surface area contributed by atoms with E-state index in [9.17, 15) is 18.4 Å². The predicted molar refractivity (Wildman–Crippen MR) is 77.6 cm³/mol. The molecule has 1 unspecified atom stereocenters. The average molecular weight is 327 g/mol. The Bertz CT molecular complexity index is 573. The molecule has 126 valence electrons. The van der Waals surface area contributed by atoms with Gasteiger partial charge in [-0.3, -0.25) is 9.59 Å². The molecule has 7 heteroatoms. The highest BCUT2D eigenvalue weighted by Gasteiger charge is 2.27. The second-order valence-electron chi connectivity index (χ2n) is 5.51. The molecular formula is C16H19F2NO4. The highest BCUT2D eigenvalue weighted by molar-refractivity contribution is 5.81. The Morgan fingerprint density at radius 2 is 2.04 bits per heavy atom. The first-order chi connectivity index (χ1) is 11.0. The number of rotatable bonds is 6. The Morgan fingerprint density at radius 3 is 2.65 bits per heavy atom. The van der Waals surface area contributed by atoms with Crippen LogP contribution in [0.2, 0.25) is 0 Å². The lowest BCUT2D eigenvalue weighted by molar-refractivity contribution is -0.148. The molecule has 1 aliphatic heterocycles. The van der Waals surface area contributed by atoms with Crippen molar-refractivity contribution in [2.24, 2.45) is 0 Å². The summed E-state index contributed by atoms with van der Waals surface area (Å²) in [6, 6.07) is 3.38. The number of nitrogens with zero attached hydrogens (tertiary/aromatic N) is 1. The number of carbonyl (C=O) groups is 2. The van der Waals surface area contributed by atoms with Crippen molar-refractivity contribution in [2.45, 2.75) is 38.3 Å². The van der Waals surface area contributed by atoms with Crippen molar-refractivity contribution in [3.8, 4) is 0 Å². The Balaban J connectivity index is 2.10. The van der Waals surface area contributed by atoms with E-state index in [2.05, 4.69) is 0 Å². The van der Waals surface area contributed by atoms with E-state index in [1.165, 1.54) is 11.0 Å². The van der Waals surface area contributed by atoms with Crippen molar-refractivity contribution in [3.05, 3.63) is 35.4 Å². The van der Waals surface area contributed by atoms with Crippen LogP contribution in [0, 0.1) is 11.6 Å². The maximum absolute atomic E-state index is 13.3. The molecule has 0 bridgehead atoms. The zero-order chi connectivity index (χ0) is 16.8. The van der Waals surface area contributed by atoms with Crippen LogP contribution in [0.1, 0.15) is 31.2 Å². The number of hydrogen-bond donors (Lipinski definition) is 1. The van der Waals surface area contributed by atoms with Gasteiger partial charge in [-0.2, -0.15) is 0 Å². The van der Waals surface area contributed by atoms with Crippen LogP contribution in [-0.4, -0.2) is 41.1 Å². The lowest BCUT2D eigenvalue weighted by Crippen LogP contribution is -2.42. The number of benzene rings is 1. The lowest BCUT2D eigenvalue weighted by atomic mass is 10.1. The Kier molecular flexibility index (Phi) is 6.04. The third kappa shape index (κ3) is 4.99. The minimum atomic E-state index is -1.03. The molecule has 1 fully saturated rings. The summed E-state index contributed by atoms with van der Waals surface area (Å²) < 4.78 is 31.7. The van der Waals surface area contributed by atoms with Crippen molar-refractivity contribution >= 4 is 11.9 Å². The van der Waals surface area contributed by atoms with Crippen LogP contribution >= 0.6 is 0 Å². The summed E-state index contributed by atoms with van der Waals surface area (Å²) >= 11 is 0. The first-order valence-electron chi connectivity index (χ1n) is 7.53. The Labute approximate surface area is 132 Å². The van der Waals surface area contributed by atoms with Gasteiger partial charge in [-0.25, -0.2) is 8.78 Å². The summed E-state index contributed by atoms with van der Waals surface area (Å²) in [6.07, 6.45) is 1.53. The van der Waals surface area contributed by atoms with Crippen LogP contribution in [0.3, 0.4) is 0 Å². The molecule has 1 N–H and O–H groups in total. The minimum Gasteiger partial charge on any atom is -0.481 e. The van der Waals surface area contributed by atoms with Crippen LogP contribution in [-0.2, 0) is 20.9 Å². The number of amides is 1. The van der Waals surface area contributed by atoms with Crippen LogP contribution in [0.5, 0.6) is 0 Å². The molecular weight excluding hydrogens is 308 g/mol. The van der Waals surface area contributed by atoms with Gasteiger partial charge in [0.1, 0.15) is 6.10 Å². The highest BCUT2D eigenvalue weighted by atomic mass is 19.2. The van der Waals surface area contributed by atoms with E-state index in [0.717, 1.165) is 25.0 Å². The Hall–Kier alpha value is -2.02. The SMILES string of the molecule is O=C(O)CCN(Cc1ccc(F)c(F)c1)C(=O)C1CCCCO1.